The summed E-state index contributed by atoms with van der Waals surface area (Å²) < 4.78 is 11.9. The molecule has 0 bridgehead atoms. The lowest BCUT2D eigenvalue weighted by molar-refractivity contribution is -0.125. The van der Waals surface area contributed by atoms with Gasteiger partial charge in [0.1, 0.15) is 19.3 Å². The summed E-state index contributed by atoms with van der Waals surface area (Å²) in [6, 6.07) is 19.7. The highest BCUT2D eigenvalue weighted by Gasteiger charge is 2.22. The number of Topliss-reactive ketones (excluding diaryl/α,β-unsaturated/α-hetero) is 1. The van der Waals surface area contributed by atoms with Gasteiger partial charge in [0.2, 0.25) is 0 Å². The van der Waals surface area contributed by atoms with Crippen LogP contribution in [0.3, 0.4) is 0 Å². The summed E-state index contributed by atoms with van der Waals surface area (Å²) in [4.78, 5) is 11.8. The van der Waals surface area contributed by atoms with Crippen LogP contribution >= 0.6 is 23.2 Å². The van der Waals surface area contributed by atoms with E-state index in [0.29, 0.717) is 27.1 Å². The van der Waals surface area contributed by atoms with Gasteiger partial charge in [0.15, 0.2) is 17.3 Å². The average molecular weight is 431 g/mol. The molecule has 29 heavy (non-hydrogen) atoms. The average Bonchev–Trinajstić information content (AvgIpc) is 2.72. The molecule has 0 aliphatic carbocycles. The molecular weight excluding hydrogens is 411 g/mol. The van der Waals surface area contributed by atoms with Crippen molar-refractivity contribution in [2.75, 3.05) is 0 Å². The predicted octanol–water partition coefficient (Wildman–Crippen LogP) is 5.77. The quantitative estimate of drug-likeness (QED) is 0.492. The van der Waals surface area contributed by atoms with Crippen LogP contribution in [0.1, 0.15) is 29.7 Å². The van der Waals surface area contributed by atoms with E-state index >= 15 is 0 Å². The standard InChI is InChI=1S/C23H20Cl2O4/c1-15(26)22(27)18-9-6-12-21(28-13-16-7-2-4-10-19(16)24)23(18)29-14-17-8-3-5-11-20(17)25/h2-12,22,27H,13-14H2,1H3. The maximum atomic E-state index is 11.8. The van der Waals surface area contributed by atoms with Gasteiger partial charge in [0.05, 0.1) is 0 Å². The van der Waals surface area contributed by atoms with Gasteiger partial charge in [-0.15, -0.1) is 0 Å². The zero-order valence-corrected chi connectivity index (χ0v) is 17.3. The number of rotatable bonds is 8. The Labute approximate surface area is 179 Å². The number of hydrogen-bond donors (Lipinski definition) is 1. The number of halogens is 2. The topological polar surface area (TPSA) is 55.8 Å². The van der Waals surface area contributed by atoms with Crippen LogP contribution in [0.4, 0.5) is 0 Å². The van der Waals surface area contributed by atoms with Crippen molar-refractivity contribution in [3.8, 4) is 11.5 Å². The van der Waals surface area contributed by atoms with E-state index in [4.69, 9.17) is 32.7 Å². The molecule has 0 fully saturated rings. The number of ether oxygens (including phenoxy) is 2. The first-order chi connectivity index (χ1) is 14.0. The predicted molar refractivity (Wildman–Crippen MR) is 114 cm³/mol. The molecule has 3 rings (SSSR count). The highest BCUT2D eigenvalue weighted by Crippen LogP contribution is 2.37. The monoisotopic (exact) mass is 430 g/mol. The molecule has 4 nitrogen and oxygen atoms in total. The van der Waals surface area contributed by atoms with Crippen molar-refractivity contribution >= 4 is 29.0 Å². The third-order valence-electron chi connectivity index (χ3n) is 4.36. The third kappa shape index (κ3) is 5.30. The van der Waals surface area contributed by atoms with E-state index in [0.717, 1.165) is 11.1 Å². The first-order valence-electron chi connectivity index (χ1n) is 9.01. The van der Waals surface area contributed by atoms with Crippen molar-refractivity contribution in [1.82, 2.24) is 0 Å². The molecule has 3 aromatic rings. The zero-order chi connectivity index (χ0) is 20.8. The van der Waals surface area contributed by atoms with Gasteiger partial charge in [-0.2, -0.15) is 0 Å². The van der Waals surface area contributed by atoms with E-state index in [-0.39, 0.29) is 13.2 Å². The number of carbonyl (C=O) groups excluding carboxylic acids is 1. The SMILES string of the molecule is CC(=O)C(O)c1cccc(OCc2ccccc2Cl)c1OCc1ccccc1Cl. The highest BCUT2D eigenvalue weighted by atomic mass is 35.5. The Morgan fingerprint density at radius 3 is 1.97 bits per heavy atom. The Morgan fingerprint density at radius 1 is 0.862 bits per heavy atom. The molecule has 0 radical (unpaired) electrons. The molecule has 0 aliphatic heterocycles. The van der Waals surface area contributed by atoms with Crippen molar-refractivity contribution < 1.29 is 19.4 Å². The Bertz CT molecular complexity index is 1000. The second-order valence-corrected chi connectivity index (χ2v) is 7.26. The maximum Gasteiger partial charge on any atom is 0.167 e. The van der Waals surface area contributed by atoms with Crippen molar-refractivity contribution in [3.63, 3.8) is 0 Å². The molecular formula is C23H20Cl2O4. The summed E-state index contributed by atoms with van der Waals surface area (Å²) in [6.45, 7) is 1.69. The fourth-order valence-corrected chi connectivity index (χ4v) is 3.15. The van der Waals surface area contributed by atoms with Crippen LogP contribution in [-0.4, -0.2) is 10.9 Å². The van der Waals surface area contributed by atoms with Crippen LogP contribution < -0.4 is 9.47 Å². The van der Waals surface area contributed by atoms with Crippen molar-refractivity contribution in [2.45, 2.75) is 26.2 Å². The Morgan fingerprint density at radius 2 is 1.41 bits per heavy atom. The van der Waals surface area contributed by atoms with E-state index in [1.807, 2.05) is 36.4 Å². The van der Waals surface area contributed by atoms with E-state index < -0.39 is 11.9 Å². The van der Waals surface area contributed by atoms with Crippen LogP contribution in [0.2, 0.25) is 10.0 Å². The Kier molecular flexibility index (Phi) is 7.15. The van der Waals surface area contributed by atoms with Gasteiger partial charge in [-0.25, -0.2) is 0 Å². The summed E-state index contributed by atoms with van der Waals surface area (Å²) in [6.07, 6.45) is -1.32. The van der Waals surface area contributed by atoms with Gasteiger partial charge in [-0.1, -0.05) is 71.7 Å². The fraction of sp³-hybridized carbons (Fsp3) is 0.174. The summed E-state index contributed by atoms with van der Waals surface area (Å²) in [7, 11) is 0. The Hall–Kier alpha value is -2.53. The molecule has 150 valence electrons. The van der Waals surface area contributed by atoms with Gasteiger partial charge < -0.3 is 14.6 Å². The summed E-state index contributed by atoms with van der Waals surface area (Å²) in [5.74, 6) is 0.299. The lowest BCUT2D eigenvalue weighted by atomic mass is 10.0. The molecule has 1 N–H and O–H groups in total. The Balaban J connectivity index is 1.90. The van der Waals surface area contributed by atoms with Crippen LogP contribution in [0.15, 0.2) is 66.7 Å². The lowest BCUT2D eigenvalue weighted by Crippen LogP contribution is -2.11. The smallest absolute Gasteiger partial charge is 0.167 e. The second-order valence-electron chi connectivity index (χ2n) is 6.45. The van der Waals surface area contributed by atoms with Gasteiger partial charge >= 0.3 is 0 Å². The molecule has 0 saturated heterocycles. The summed E-state index contributed by atoms with van der Waals surface area (Å²) in [5.41, 5.74) is 1.92. The normalized spacial score (nSPS) is 11.7. The molecule has 0 amide bonds. The van der Waals surface area contributed by atoms with Crippen LogP contribution in [0.5, 0.6) is 11.5 Å². The third-order valence-corrected chi connectivity index (χ3v) is 5.10. The van der Waals surface area contributed by atoms with Crippen LogP contribution in [-0.2, 0) is 18.0 Å². The minimum atomic E-state index is -1.32. The van der Waals surface area contributed by atoms with Gasteiger partial charge in [0.25, 0.3) is 0 Å². The zero-order valence-electron chi connectivity index (χ0n) is 15.8. The van der Waals surface area contributed by atoms with Crippen molar-refractivity contribution in [2.24, 2.45) is 0 Å². The first kappa shape index (κ1) is 21.2. The second kappa shape index (κ2) is 9.79. The molecule has 1 unspecified atom stereocenters. The molecule has 0 saturated carbocycles. The van der Waals surface area contributed by atoms with E-state index in [1.54, 1.807) is 30.3 Å². The lowest BCUT2D eigenvalue weighted by Gasteiger charge is -2.19. The number of benzene rings is 3. The van der Waals surface area contributed by atoms with E-state index in [9.17, 15) is 9.90 Å². The van der Waals surface area contributed by atoms with Crippen LogP contribution in [0, 0.1) is 0 Å². The first-order valence-corrected chi connectivity index (χ1v) is 9.76. The van der Waals surface area contributed by atoms with Gasteiger partial charge in [-0.05, 0) is 25.1 Å². The molecule has 0 heterocycles. The minimum Gasteiger partial charge on any atom is -0.485 e. The summed E-state index contributed by atoms with van der Waals surface area (Å²) >= 11 is 12.4. The molecule has 6 heteroatoms. The molecule has 0 aromatic heterocycles. The minimum absolute atomic E-state index is 0.157. The fourth-order valence-electron chi connectivity index (χ4n) is 2.77. The highest BCUT2D eigenvalue weighted by molar-refractivity contribution is 6.31. The van der Waals surface area contributed by atoms with E-state index in [2.05, 4.69) is 0 Å². The van der Waals surface area contributed by atoms with Crippen molar-refractivity contribution in [1.29, 1.82) is 0 Å². The van der Waals surface area contributed by atoms with Crippen LogP contribution in [0.25, 0.3) is 0 Å². The van der Waals surface area contributed by atoms with Crippen molar-refractivity contribution in [3.05, 3.63) is 93.5 Å². The van der Waals surface area contributed by atoms with Gasteiger partial charge in [0, 0.05) is 26.7 Å². The molecule has 0 spiro atoms. The largest absolute Gasteiger partial charge is 0.485 e. The molecule has 1 atom stereocenters. The molecule has 3 aromatic carbocycles. The number of para-hydroxylation sites is 1. The number of aliphatic hydroxyl groups is 1. The number of hydrogen-bond acceptors (Lipinski definition) is 4. The summed E-state index contributed by atoms with van der Waals surface area (Å²) in [5, 5.41) is 11.5. The number of ketones is 1. The van der Waals surface area contributed by atoms with E-state index in [1.165, 1.54) is 6.92 Å². The number of carbonyl (C=O) groups is 1. The maximum absolute atomic E-state index is 11.8. The number of aliphatic hydroxyl groups excluding tert-OH is 1. The molecule has 0 aliphatic rings. The van der Waals surface area contributed by atoms with Gasteiger partial charge in [-0.3, -0.25) is 4.79 Å².